The number of hydrogen-bond donors (Lipinski definition) is 2. The van der Waals surface area contributed by atoms with E-state index in [4.69, 9.17) is 4.74 Å². The summed E-state index contributed by atoms with van der Waals surface area (Å²) in [5, 5.41) is 19.3. The first-order valence-corrected chi connectivity index (χ1v) is 5.57. The quantitative estimate of drug-likeness (QED) is 0.761. The zero-order valence-electron chi connectivity index (χ0n) is 10.5. The molecule has 1 rings (SSSR count). The molecule has 1 heterocycles. The summed E-state index contributed by atoms with van der Waals surface area (Å²) in [4.78, 5) is 6.04. The third-order valence-corrected chi connectivity index (χ3v) is 2.47. The topological polar surface area (TPSA) is 65.8 Å². The first-order valence-electron chi connectivity index (χ1n) is 5.57. The van der Waals surface area contributed by atoms with Crippen LogP contribution in [0.3, 0.4) is 0 Å². The van der Waals surface area contributed by atoms with E-state index < -0.39 is 12.2 Å². The highest BCUT2D eigenvalue weighted by molar-refractivity contribution is 5.47. The van der Waals surface area contributed by atoms with E-state index in [-0.39, 0.29) is 6.61 Å². The zero-order chi connectivity index (χ0) is 12.8. The molecule has 1 aromatic heterocycles. The van der Waals surface area contributed by atoms with Crippen LogP contribution in [0.2, 0.25) is 0 Å². The van der Waals surface area contributed by atoms with E-state index in [0.29, 0.717) is 12.4 Å². The molecule has 2 atom stereocenters. The Bertz CT molecular complexity index is 344. The number of anilines is 1. The SMILES string of the molecule is COCC(O)CN(C)c1ncccc1[C@H](C)O. The Labute approximate surface area is 102 Å². The molecule has 1 aromatic rings. The molecule has 0 aliphatic rings. The molecule has 0 saturated heterocycles. The lowest BCUT2D eigenvalue weighted by Gasteiger charge is -2.24. The Balaban J connectivity index is 2.77. The average Bonchev–Trinajstić information content (AvgIpc) is 2.29. The Morgan fingerprint density at radius 3 is 2.76 bits per heavy atom. The molecule has 0 spiro atoms. The maximum Gasteiger partial charge on any atom is 0.134 e. The van der Waals surface area contributed by atoms with Crippen molar-refractivity contribution in [2.24, 2.45) is 0 Å². The highest BCUT2D eigenvalue weighted by Gasteiger charge is 2.15. The van der Waals surface area contributed by atoms with Gasteiger partial charge in [0.2, 0.25) is 0 Å². The van der Waals surface area contributed by atoms with Gasteiger partial charge in [0.05, 0.1) is 18.8 Å². The van der Waals surface area contributed by atoms with Crippen LogP contribution in [0.5, 0.6) is 0 Å². The monoisotopic (exact) mass is 240 g/mol. The van der Waals surface area contributed by atoms with Crippen molar-refractivity contribution in [1.29, 1.82) is 0 Å². The Morgan fingerprint density at radius 1 is 1.47 bits per heavy atom. The van der Waals surface area contributed by atoms with Crippen LogP contribution in [0, 0.1) is 0 Å². The second kappa shape index (κ2) is 6.54. The molecule has 0 aliphatic heterocycles. The minimum absolute atomic E-state index is 0.279. The Hall–Kier alpha value is -1.17. The van der Waals surface area contributed by atoms with Gasteiger partial charge in [-0.25, -0.2) is 4.98 Å². The standard InChI is InChI=1S/C12H20N2O3/c1-9(15)11-5-4-6-13-12(11)14(2)7-10(16)8-17-3/h4-6,9-10,15-16H,7-8H2,1-3H3/t9-,10?/m0/s1. The number of likely N-dealkylation sites (N-methyl/N-ethyl adjacent to an activating group) is 1. The number of methoxy groups -OCH3 is 1. The first-order chi connectivity index (χ1) is 8.06. The third kappa shape index (κ3) is 3.96. The number of rotatable bonds is 6. The second-order valence-electron chi connectivity index (χ2n) is 4.08. The summed E-state index contributed by atoms with van der Waals surface area (Å²) < 4.78 is 4.87. The molecule has 5 heteroatoms. The first kappa shape index (κ1) is 13.9. The molecule has 0 aromatic carbocycles. The third-order valence-electron chi connectivity index (χ3n) is 2.47. The summed E-state index contributed by atoms with van der Waals surface area (Å²) in [6.45, 7) is 2.38. The van der Waals surface area contributed by atoms with Gasteiger partial charge in [-0.15, -0.1) is 0 Å². The molecular weight excluding hydrogens is 220 g/mol. The number of aliphatic hydroxyl groups is 2. The number of aliphatic hydroxyl groups excluding tert-OH is 2. The fraction of sp³-hybridized carbons (Fsp3) is 0.583. The zero-order valence-corrected chi connectivity index (χ0v) is 10.5. The molecule has 0 fully saturated rings. The van der Waals surface area contributed by atoms with Crippen molar-refractivity contribution >= 4 is 5.82 Å². The van der Waals surface area contributed by atoms with E-state index >= 15 is 0 Å². The molecule has 17 heavy (non-hydrogen) atoms. The fourth-order valence-corrected chi connectivity index (χ4v) is 1.70. The van der Waals surface area contributed by atoms with Gasteiger partial charge < -0.3 is 19.8 Å². The Morgan fingerprint density at radius 2 is 2.18 bits per heavy atom. The van der Waals surface area contributed by atoms with Gasteiger partial charge in [-0.1, -0.05) is 6.07 Å². The number of nitrogens with zero attached hydrogens (tertiary/aromatic N) is 2. The second-order valence-corrected chi connectivity index (χ2v) is 4.08. The molecule has 0 saturated carbocycles. The number of hydrogen-bond acceptors (Lipinski definition) is 5. The lowest BCUT2D eigenvalue weighted by atomic mass is 10.1. The largest absolute Gasteiger partial charge is 0.389 e. The van der Waals surface area contributed by atoms with Gasteiger partial charge in [-0.3, -0.25) is 0 Å². The van der Waals surface area contributed by atoms with Crippen LogP contribution in [0.4, 0.5) is 5.82 Å². The average molecular weight is 240 g/mol. The maximum atomic E-state index is 9.65. The van der Waals surface area contributed by atoms with E-state index in [1.54, 1.807) is 26.3 Å². The van der Waals surface area contributed by atoms with Crippen LogP contribution < -0.4 is 4.90 Å². The van der Waals surface area contributed by atoms with E-state index in [2.05, 4.69) is 4.98 Å². The van der Waals surface area contributed by atoms with Crippen molar-refractivity contribution in [3.05, 3.63) is 23.9 Å². The lowest BCUT2D eigenvalue weighted by Crippen LogP contribution is -2.33. The van der Waals surface area contributed by atoms with Crippen molar-refractivity contribution in [2.75, 3.05) is 32.2 Å². The number of ether oxygens (including phenoxy) is 1. The molecule has 96 valence electrons. The molecule has 0 radical (unpaired) electrons. The predicted octanol–water partition coefficient (Wildman–Crippen LogP) is 0.578. The van der Waals surface area contributed by atoms with Gasteiger partial charge in [0.25, 0.3) is 0 Å². The van der Waals surface area contributed by atoms with Gasteiger partial charge in [0, 0.05) is 32.5 Å². The van der Waals surface area contributed by atoms with Crippen molar-refractivity contribution in [3.63, 3.8) is 0 Å². The van der Waals surface area contributed by atoms with E-state index in [1.165, 1.54) is 0 Å². The minimum atomic E-state index is -0.583. The van der Waals surface area contributed by atoms with Crippen LogP contribution in [0.1, 0.15) is 18.6 Å². The molecule has 2 N–H and O–H groups in total. The van der Waals surface area contributed by atoms with Gasteiger partial charge >= 0.3 is 0 Å². The predicted molar refractivity (Wildman–Crippen MR) is 66.0 cm³/mol. The van der Waals surface area contributed by atoms with Crippen molar-refractivity contribution in [2.45, 2.75) is 19.1 Å². The van der Waals surface area contributed by atoms with Crippen molar-refractivity contribution in [1.82, 2.24) is 4.98 Å². The molecule has 1 unspecified atom stereocenters. The van der Waals surface area contributed by atoms with Crippen LogP contribution in [0.25, 0.3) is 0 Å². The summed E-state index contributed by atoms with van der Waals surface area (Å²) in [7, 11) is 3.37. The van der Waals surface area contributed by atoms with Crippen LogP contribution in [-0.4, -0.2) is 48.6 Å². The molecule has 0 aliphatic carbocycles. The highest BCUT2D eigenvalue weighted by atomic mass is 16.5. The minimum Gasteiger partial charge on any atom is -0.389 e. The summed E-state index contributed by atoms with van der Waals surface area (Å²) >= 11 is 0. The molecule has 5 nitrogen and oxygen atoms in total. The molecule has 0 bridgehead atoms. The smallest absolute Gasteiger partial charge is 0.134 e. The molecule has 0 amide bonds. The Kier molecular flexibility index (Phi) is 5.34. The fourth-order valence-electron chi connectivity index (χ4n) is 1.70. The summed E-state index contributed by atoms with van der Waals surface area (Å²) in [5.74, 6) is 0.678. The van der Waals surface area contributed by atoms with Crippen LogP contribution >= 0.6 is 0 Å². The van der Waals surface area contributed by atoms with Crippen LogP contribution in [-0.2, 0) is 4.74 Å². The van der Waals surface area contributed by atoms with Crippen molar-refractivity contribution < 1.29 is 14.9 Å². The highest BCUT2D eigenvalue weighted by Crippen LogP contribution is 2.22. The van der Waals surface area contributed by atoms with Gasteiger partial charge in [-0.05, 0) is 13.0 Å². The summed E-state index contributed by atoms with van der Waals surface area (Å²) in [6, 6.07) is 3.61. The van der Waals surface area contributed by atoms with Crippen molar-refractivity contribution in [3.8, 4) is 0 Å². The lowest BCUT2D eigenvalue weighted by molar-refractivity contribution is 0.0693. The number of pyridine rings is 1. The van der Waals surface area contributed by atoms with E-state index in [0.717, 1.165) is 5.56 Å². The van der Waals surface area contributed by atoms with E-state index in [9.17, 15) is 10.2 Å². The molecular formula is C12H20N2O3. The van der Waals surface area contributed by atoms with Crippen LogP contribution in [0.15, 0.2) is 18.3 Å². The normalized spacial score (nSPS) is 14.4. The summed E-state index contributed by atoms with van der Waals surface area (Å²) in [5.41, 5.74) is 0.750. The van der Waals surface area contributed by atoms with Gasteiger partial charge in [0.1, 0.15) is 5.82 Å². The summed E-state index contributed by atoms with van der Waals surface area (Å²) in [6.07, 6.45) is 0.509. The van der Waals surface area contributed by atoms with Gasteiger partial charge in [-0.2, -0.15) is 0 Å². The van der Waals surface area contributed by atoms with E-state index in [1.807, 2.05) is 18.0 Å². The number of aromatic nitrogens is 1. The maximum absolute atomic E-state index is 9.65. The van der Waals surface area contributed by atoms with Gasteiger partial charge in [0.15, 0.2) is 0 Å².